The van der Waals surface area contributed by atoms with Gasteiger partial charge in [0.2, 0.25) is 29.5 Å². The number of aliphatic hydroxyl groups is 30. The summed E-state index contributed by atoms with van der Waals surface area (Å²) in [5, 5.41) is 363. The van der Waals surface area contributed by atoms with Gasteiger partial charge in [-0.15, -0.1) is 0 Å². The smallest absolute Gasteiger partial charge is 0.364 e. The number of nitrogens with one attached hydrogen (secondary N) is 5. The lowest BCUT2D eigenvalue weighted by atomic mass is 9.88. The largest absolute Gasteiger partial charge is 0.477 e. The molecule has 11 rings (SSSR count). The van der Waals surface area contributed by atoms with Crippen LogP contribution in [0.5, 0.6) is 0 Å². The number of hydrogen-bond acceptors (Lipinski definition) is 59. The Bertz CT molecular complexity index is 4160. The molecule has 56 atom stereocenters. The molecule has 0 radical (unpaired) electrons. The Morgan fingerprint density at radius 2 is 0.589 bits per heavy atom. The molecule has 11 aliphatic rings. The van der Waals surface area contributed by atoms with Crippen LogP contribution in [0.3, 0.4) is 0 Å². The Hall–Kier alpha value is -5.75. The Balaban J connectivity index is 0.951. The third-order valence-corrected chi connectivity index (χ3v) is 26.2. The molecule has 11 heterocycles. The molecule has 0 bridgehead atoms. The average molecular weight is 2140 g/mol. The van der Waals surface area contributed by atoms with Gasteiger partial charge in [0.1, 0.15) is 269 Å². The quantitative estimate of drug-likeness (QED) is 0.0253. The first-order valence-corrected chi connectivity index (χ1v) is 46.2. The third kappa shape index (κ3) is 27.1. The Morgan fingerprint density at radius 1 is 0.295 bits per heavy atom. The molecule has 0 aromatic rings. The van der Waals surface area contributed by atoms with Crippen LogP contribution in [0, 0.1) is 0 Å². The van der Waals surface area contributed by atoms with Gasteiger partial charge in [-0.1, -0.05) is 0 Å². The van der Waals surface area contributed by atoms with Crippen molar-refractivity contribution in [1.29, 1.82) is 0 Å². The van der Waals surface area contributed by atoms with Crippen molar-refractivity contribution in [3.63, 3.8) is 0 Å². The Kier molecular flexibility index (Phi) is 43.3. The summed E-state index contributed by atoms with van der Waals surface area (Å²) in [6.45, 7) is -7.87. The highest BCUT2D eigenvalue weighted by Crippen LogP contribution is 2.43. The number of carbonyl (C=O) groups is 7. The van der Waals surface area contributed by atoms with E-state index in [1.165, 1.54) is 0 Å². The average Bonchev–Trinajstić information content (AvgIpc) is 0.742. The highest BCUT2D eigenvalue weighted by atomic mass is 16.8. The van der Waals surface area contributed by atoms with E-state index in [9.17, 15) is 192 Å². The van der Waals surface area contributed by atoms with Crippen molar-refractivity contribution >= 4 is 41.5 Å². The van der Waals surface area contributed by atoms with E-state index < -0.39 is 464 Å². The van der Waals surface area contributed by atoms with Crippen molar-refractivity contribution in [2.75, 3.05) is 72.7 Å². The van der Waals surface area contributed by atoms with Crippen molar-refractivity contribution < 1.29 is 296 Å². The number of amides is 5. The number of ether oxygens (including phenoxy) is 22. The summed E-state index contributed by atoms with van der Waals surface area (Å²) in [4.78, 5) is 89.8. The maximum atomic E-state index is 13.6. The van der Waals surface area contributed by atoms with Gasteiger partial charge in [0.15, 0.2) is 62.9 Å². The van der Waals surface area contributed by atoms with Gasteiger partial charge in [0.25, 0.3) is 5.79 Å². The normalized spacial score (nSPS) is 47.0. The zero-order chi connectivity index (χ0) is 108. The molecule has 11 saturated heterocycles. The molecule has 0 aromatic carbocycles. The minimum absolute atomic E-state index is 0.809. The van der Waals surface area contributed by atoms with Crippen LogP contribution < -0.4 is 26.6 Å². The van der Waals surface area contributed by atoms with Gasteiger partial charge >= 0.3 is 11.9 Å². The van der Waals surface area contributed by atoms with Gasteiger partial charge in [-0.3, -0.25) is 28.8 Å². The topological polar surface area (TPSA) is 1010 Å². The molecular formula is C81H133N5O60. The highest BCUT2D eigenvalue weighted by Gasteiger charge is 2.64. The first kappa shape index (κ1) is 120. The zero-order valence-corrected chi connectivity index (χ0v) is 78.4. The summed E-state index contributed by atoms with van der Waals surface area (Å²) < 4.78 is 130. The van der Waals surface area contributed by atoms with Crippen LogP contribution in [0.15, 0.2) is 0 Å². The molecule has 0 aromatic heterocycles. The second-order valence-corrected chi connectivity index (χ2v) is 36.6. The fourth-order valence-corrected chi connectivity index (χ4v) is 18.6. The molecule has 1 unspecified atom stereocenters. The molecule has 11 fully saturated rings. The minimum Gasteiger partial charge on any atom is -0.477 e. The summed E-state index contributed by atoms with van der Waals surface area (Å²) in [5.74, 6) is -11.3. The first-order chi connectivity index (χ1) is 68.9. The predicted molar refractivity (Wildman–Crippen MR) is 447 cm³/mol. The van der Waals surface area contributed by atoms with Crippen LogP contribution in [-0.4, -0.2) is 616 Å². The zero-order valence-electron chi connectivity index (χ0n) is 78.4. The number of carboxylic acids is 1. The van der Waals surface area contributed by atoms with E-state index in [1.807, 2.05) is 0 Å². The van der Waals surface area contributed by atoms with Crippen LogP contribution in [0.25, 0.3) is 0 Å². The summed E-state index contributed by atoms with van der Waals surface area (Å²) in [6.07, 6.45) is -113. The van der Waals surface area contributed by atoms with Crippen LogP contribution in [-0.2, 0) is 138 Å². The summed E-state index contributed by atoms with van der Waals surface area (Å²) in [7, 11) is 0. The lowest BCUT2D eigenvalue weighted by Crippen LogP contribution is -2.71. The Labute approximate surface area is 825 Å². The molecular weight excluding hydrogens is 2000 g/mol. The fourth-order valence-electron chi connectivity index (χ4n) is 18.6. The lowest BCUT2D eigenvalue weighted by Gasteiger charge is -2.52. The number of hydrogen-bond donors (Lipinski definition) is 36. The Morgan fingerprint density at radius 3 is 0.973 bits per heavy atom. The molecule has 36 N–H and O–H groups in total. The first-order valence-electron chi connectivity index (χ1n) is 46.2. The van der Waals surface area contributed by atoms with Crippen molar-refractivity contribution in [2.45, 2.75) is 391 Å². The molecule has 65 nitrogen and oxygen atoms in total. The van der Waals surface area contributed by atoms with E-state index >= 15 is 0 Å². The van der Waals surface area contributed by atoms with Crippen LogP contribution in [0.1, 0.15) is 48.0 Å². The number of aliphatic carboxylic acids is 1. The molecule has 5 amide bonds. The van der Waals surface area contributed by atoms with Crippen molar-refractivity contribution in [1.82, 2.24) is 26.6 Å². The highest BCUT2D eigenvalue weighted by molar-refractivity contribution is 5.77. The van der Waals surface area contributed by atoms with Gasteiger partial charge in [-0.2, -0.15) is 0 Å². The monoisotopic (exact) mass is 2140 g/mol. The second kappa shape index (κ2) is 52.5. The SMILES string of the molecule is CC(=O)N[C@H]1[C@H](O[C@@H]2[C@@H](O[C@@H]3[C@H](O)[C@H](O[C@H]4[C@H](O)[C@@H](NC(C)=O)C(O)O[C@@H]4CO)O[C@H](CO[C@H]4O[C@H](CO)[C@@H](O)[C@H](O)[C@@H]4O[C@@H]4O[C@H](CO)[C@@H](O[C@@H]5O[C@H](CO)[C@H](O)[C@H](O)[C@H]5O)[C@H](O)[C@H]4NC(C)=O)[C@H]3O)O[C@H](CO)[C@@H](O[C@@H]3O[C@H](CO)[C@@H](O[C@@H]4O[C@H](CO)[C@H](O)[C@H](O)[C@H]4O)[C@H](O)[C@H]3NC(C)=O)[C@@H]2O)O[C@H](CO)[C@@H](O[C@@H]2O[C@H](CO[C@]3(C(=O)O)C[C@H](O)[C@@H](NC(C)=O)[C@H]([C@H](O)[C@H](O)COC(C)=O)O3)[C@H](O)[C@H](O)[C@H]2O)[C@@H]1O. The predicted octanol–water partition coefficient (Wildman–Crippen LogP) is -24.5. The minimum atomic E-state index is -3.20. The van der Waals surface area contributed by atoms with Gasteiger partial charge in [-0.25, -0.2) is 4.79 Å². The molecule has 0 spiro atoms. The summed E-state index contributed by atoms with van der Waals surface area (Å²) in [6, 6.07) is -10.00. The molecule has 146 heavy (non-hydrogen) atoms. The molecule has 842 valence electrons. The van der Waals surface area contributed by atoms with Crippen molar-refractivity contribution in [3.05, 3.63) is 0 Å². The van der Waals surface area contributed by atoms with E-state index in [2.05, 4.69) is 26.6 Å². The summed E-state index contributed by atoms with van der Waals surface area (Å²) >= 11 is 0. The van der Waals surface area contributed by atoms with Crippen LogP contribution >= 0.6 is 0 Å². The lowest BCUT2D eigenvalue weighted by molar-refractivity contribution is -0.406. The molecule has 0 aliphatic carbocycles. The maximum Gasteiger partial charge on any atom is 0.364 e. The second-order valence-electron chi connectivity index (χ2n) is 36.6. The number of carbonyl (C=O) groups excluding carboxylic acids is 6. The number of carboxylic acid groups (broad SMARTS) is 1. The van der Waals surface area contributed by atoms with E-state index in [0.717, 1.165) is 41.5 Å². The van der Waals surface area contributed by atoms with Crippen LogP contribution in [0.2, 0.25) is 0 Å². The van der Waals surface area contributed by atoms with E-state index in [4.69, 9.17) is 104 Å². The van der Waals surface area contributed by atoms with Crippen LogP contribution in [0.4, 0.5) is 0 Å². The van der Waals surface area contributed by atoms with Crippen molar-refractivity contribution in [2.24, 2.45) is 0 Å². The van der Waals surface area contributed by atoms with E-state index in [-0.39, 0.29) is 0 Å². The van der Waals surface area contributed by atoms with Gasteiger partial charge in [0, 0.05) is 48.0 Å². The molecule has 65 heteroatoms. The van der Waals surface area contributed by atoms with E-state index in [0.29, 0.717) is 0 Å². The van der Waals surface area contributed by atoms with E-state index in [1.54, 1.807) is 0 Å². The number of rotatable bonds is 40. The maximum absolute atomic E-state index is 13.6. The molecule has 11 aliphatic heterocycles. The molecule has 0 saturated carbocycles. The standard InChI is InChI=1S/C81H133N5O60/c1-19(95)82-37-25(101)7-81(80(123)124,146-66(37)42(103)26(102)16-125-24(6)100)127-18-36-46(107)54(115)58(119)76(137-36)141-64-33(14-93)134-73(41(51(64)112)86-23(5)99)145-69-59(120)65(138-71-39(84-21(3)97)49(110)62(31(12-91)132-71)139-74-56(117)52(113)43(104)27(8-87)129-74)34(15-94)135-79(69)143-67-47(108)35(136-77(60(67)121)142-61-30(11-90)128-70(122)38(48(61)109)83-20(2)96)17-126-78-68(55(116)45(106)29(10-89)131-78)144-72-40(85-22(4)98)50(111)63(32(13-92)133-72)140-75-57(118)53(114)44(105)28(9-88)130-75/h25-79,87-94,101-122H,7-18H2,1-6H3,(H,82,95)(H,83,96)(H,84,97)(H,85,98)(H,86,99)(H,123,124)/t25-,26+,27+,28+,29+,30+,31+,32+,33+,34+,35+,36+,37+,38+,39+,40+,41+,42+,43-,44-,45+,46-,47+,48+,49+,50+,51+,52-,53-,54-,55-,56+,57+,58+,59-,60-,61+,62+,63+,64+,65+,66+,67-,68-,69-,70?,71-,72-,73-,74-,75-,76-,77-,78-,79+,81+/m0/s1. The van der Waals surface area contributed by atoms with Crippen molar-refractivity contribution in [3.8, 4) is 0 Å². The van der Waals surface area contributed by atoms with Gasteiger partial charge < -0.3 is 289 Å². The third-order valence-electron chi connectivity index (χ3n) is 26.2. The number of esters is 1. The fraction of sp³-hybridized carbons (Fsp3) is 0.914. The summed E-state index contributed by atoms with van der Waals surface area (Å²) in [5.41, 5.74) is 0. The van der Waals surface area contributed by atoms with Gasteiger partial charge in [0.05, 0.1) is 78.2 Å². The number of aliphatic hydroxyl groups excluding tert-OH is 30. The van der Waals surface area contributed by atoms with Gasteiger partial charge in [-0.05, 0) is 0 Å².